The summed E-state index contributed by atoms with van der Waals surface area (Å²) in [6.45, 7) is 0.776. The highest BCUT2D eigenvalue weighted by Gasteiger charge is 2.16. The normalized spacial score (nSPS) is 13.6. The Labute approximate surface area is 138 Å². The number of aliphatic hydroxyl groups excluding tert-OH is 1. The van der Waals surface area contributed by atoms with Crippen LogP contribution in [0.3, 0.4) is 0 Å². The SMILES string of the molecule is OCc1cc(Br)c(-c2ccc(O)cc2)c(N2C=CC=CC2)c1. The average molecular weight is 358 g/mol. The van der Waals surface area contributed by atoms with Crippen molar-refractivity contribution in [1.82, 2.24) is 0 Å². The minimum absolute atomic E-state index is 0.00511. The van der Waals surface area contributed by atoms with Gasteiger partial charge in [0.2, 0.25) is 0 Å². The molecule has 2 aromatic rings. The summed E-state index contributed by atoms with van der Waals surface area (Å²) < 4.78 is 0.919. The molecule has 22 heavy (non-hydrogen) atoms. The van der Waals surface area contributed by atoms with Crippen LogP contribution in [0.4, 0.5) is 5.69 Å². The molecule has 2 aromatic carbocycles. The first-order chi connectivity index (χ1) is 10.7. The van der Waals surface area contributed by atoms with Gasteiger partial charge in [-0.2, -0.15) is 0 Å². The Morgan fingerprint density at radius 2 is 1.86 bits per heavy atom. The fourth-order valence-electron chi connectivity index (χ4n) is 2.52. The van der Waals surface area contributed by atoms with Gasteiger partial charge < -0.3 is 15.1 Å². The van der Waals surface area contributed by atoms with Crippen molar-refractivity contribution in [2.45, 2.75) is 6.61 Å². The van der Waals surface area contributed by atoms with E-state index in [1.54, 1.807) is 12.1 Å². The highest BCUT2D eigenvalue weighted by molar-refractivity contribution is 9.10. The summed E-state index contributed by atoms with van der Waals surface area (Å²) in [4.78, 5) is 2.13. The Hall–Kier alpha value is -2.04. The molecule has 1 heterocycles. The molecule has 0 fully saturated rings. The lowest BCUT2D eigenvalue weighted by atomic mass is 10.00. The molecule has 0 atom stereocenters. The van der Waals surface area contributed by atoms with Gasteiger partial charge in [-0.15, -0.1) is 0 Å². The molecule has 0 bridgehead atoms. The van der Waals surface area contributed by atoms with E-state index in [0.29, 0.717) is 0 Å². The molecule has 3 nitrogen and oxygen atoms in total. The lowest BCUT2D eigenvalue weighted by Crippen LogP contribution is -2.18. The average Bonchev–Trinajstić information content (AvgIpc) is 2.56. The number of aromatic hydroxyl groups is 1. The van der Waals surface area contributed by atoms with Gasteiger partial charge in [0.25, 0.3) is 0 Å². The highest BCUT2D eigenvalue weighted by atomic mass is 79.9. The third-order valence-electron chi connectivity index (χ3n) is 3.59. The van der Waals surface area contributed by atoms with Crippen molar-refractivity contribution in [3.05, 3.63) is 70.9 Å². The van der Waals surface area contributed by atoms with Crippen molar-refractivity contribution in [1.29, 1.82) is 0 Å². The van der Waals surface area contributed by atoms with Crippen LogP contribution >= 0.6 is 15.9 Å². The molecule has 0 amide bonds. The second-order valence-electron chi connectivity index (χ2n) is 5.10. The molecule has 0 unspecified atom stereocenters. The fourth-order valence-corrected chi connectivity index (χ4v) is 3.25. The van der Waals surface area contributed by atoms with Crippen molar-refractivity contribution in [3.8, 4) is 16.9 Å². The zero-order valence-corrected chi connectivity index (χ0v) is 13.5. The standard InChI is InChI=1S/C18H16BrNO2/c19-16-10-13(12-21)11-17(20-8-2-1-3-9-20)18(16)14-4-6-15(22)7-5-14/h1-8,10-11,21-22H,9,12H2. The van der Waals surface area contributed by atoms with E-state index in [0.717, 1.165) is 33.4 Å². The summed E-state index contributed by atoms with van der Waals surface area (Å²) in [6.07, 6.45) is 8.11. The smallest absolute Gasteiger partial charge is 0.115 e. The van der Waals surface area contributed by atoms with E-state index < -0.39 is 0 Å². The number of phenols is 1. The zero-order chi connectivity index (χ0) is 15.5. The third-order valence-corrected chi connectivity index (χ3v) is 4.22. The molecule has 0 saturated carbocycles. The van der Waals surface area contributed by atoms with Crippen LogP contribution in [0.1, 0.15) is 5.56 Å². The van der Waals surface area contributed by atoms with Gasteiger partial charge in [-0.25, -0.2) is 0 Å². The number of hydrogen-bond donors (Lipinski definition) is 2. The Morgan fingerprint density at radius 3 is 2.50 bits per heavy atom. The lowest BCUT2D eigenvalue weighted by molar-refractivity contribution is 0.282. The summed E-state index contributed by atoms with van der Waals surface area (Å²) in [6, 6.07) is 11.1. The Morgan fingerprint density at radius 1 is 1.09 bits per heavy atom. The van der Waals surface area contributed by atoms with Crippen LogP contribution in [0.5, 0.6) is 5.75 Å². The van der Waals surface area contributed by atoms with E-state index >= 15 is 0 Å². The molecule has 4 heteroatoms. The van der Waals surface area contributed by atoms with Crippen molar-refractivity contribution >= 4 is 21.6 Å². The number of phenolic OH excluding ortho intramolecular Hbond substituents is 1. The van der Waals surface area contributed by atoms with Crippen molar-refractivity contribution in [2.75, 3.05) is 11.4 Å². The molecular weight excluding hydrogens is 342 g/mol. The van der Waals surface area contributed by atoms with Crippen LogP contribution < -0.4 is 4.90 Å². The summed E-state index contributed by atoms with van der Waals surface area (Å²) in [5, 5.41) is 19.0. The summed E-state index contributed by atoms with van der Waals surface area (Å²) >= 11 is 3.62. The first kappa shape index (κ1) is 14.9. The van der Waals surface area contributed by atoms with Gasteiger partial charge in [0, 0.05) is 22.8 Å². The number of halogens is 1. The van der Waals surface area contributed by atoms with Gasteiger partial charge in [0.15, 0.2) is 0 Å². The number of benzene rings is 2. The van der Waals surface area contributed by atoms with Gasteiger partial charge in [0.05, 0.1) is 12.3 Å². The molecule has 0 radical (unpaired) electrons. The van der Waals surface area contributed by atoms with E-state index in [1.807, 2.05) is 42.6 Å². The number of nitrogens with zero attached hydrogens (tertiary/aromatic N) is 1. The topological polar surface area (TPSA) is 43.7 Å². The second kappa shape index (κ2) is 6.38. The quantitative estimate of drug-likeness (QED) is 0.864. The molecular formula is C18H16BrNO2. The molecule has 0 aromatic heterocycles. The Bertz CT molecular complexity index is 735. The Balaban J connectivity index is 2.16. The monoisotopic (exact) mass is 357 g/mol. The number of hydrogen-bond acceptors (Lipinski definition) is 3. The van der Waals surface area contributed by atoms with E-state index in [1.165, 1.54) is 0 Å². The van der Waals surface area contributed by atoms with Crippen molar-refractivity contribution < 1.29 is 10.2 Å². The lowest BCUT2D eigenvalue weighted by Gasteiger charge is -2.25. The maximum Gasteiger partial charge on any atom is 0.115 e. The maximum atomic E-state index is 9.50. The van der Waals surface area contributed by atoms with Crippen LogP contribution in [-0.4, -0.2) is 16.8 Å². The van der Waals surface area contributed by atoms with Crippen molar-refractivity contribution in [2.24, 2.45) is 0 Å². The molecule has 0 spiro atoms. The van der Waals surface area contributed by atoms with Gasteiger partial charge in [-0.1, -0.05) is 40.2 Å². The first-order valence-electron chi connectivity index (χ1n) is 7.01. The molecule has 2 N–H and O–H groups in total. The minimum atomic E-state index is -0.00511. The van der Waals surface area contributed by atoms with Crippen molar-refractivity contribution in [3.63, 3.8) is 0 Å². The van der Waals surface area contributed by atoms with E-state index in [9.17, 15) is 10.2 Å². The molecule has 112 valence electrons. The number of rotatable bonds is 3. The van der Waals surface area contributed by atoms with Crippen LogP contribution in [-0.2, 0) is 6.61 Å². The predicted octanol–water partition coefficient (Wildman–Crippen LogP) is 4.20. The second-order valence-corrected chi connectivity index (χ2v) is 5.95. The molecule has 1 aliphatic rings. The molecule has 3 rings (SSSR count). The van der Waals surface area contributed by atoms with Crippen LogP contribution in [0.2, 0.25) is 0 Å². The van der Waals surface area contributed by atoms with Crippen LogP contribution in [0.15, 0.2) is 65.3 Å². The van der Waals surface area contributed by atoms with Gasteiger partial charge in [0.1, 0.15) is 5.75 Å². The fraction of sp³-hybridized carbons (Fsp3) is 0.111. The summed E-state index contributed by atoms with van der Waals surface area (Å²) in [5.74, 6) is 0.245. The molecule has 1 aliphatic heterocycles. The minimum Gasteiger partial charge on any atom is -0.508 e. The van der Waals surface area contributed by atoms with Crippen LogP contribution in [0, 0.1) is 0 Å². The zero-order valence-electron chi connectivity index (χ0n) is 11.9. The number of anilines is 1. The summed E-state index contributed by atoms with van der Waals surface area (Å²) in [7, 11) is 0. The number of aliphatic hydroxyl groups is 1. The van der Waals surface area contributed by atoms with E-state index in [4.69, 9.17) is 0 Å². The van der Waals surface area contributed by atoms with Gasteiger partial charge in [-0.05, 0) is 41.5 Å². The van der Waals surface area contributed by atoms with E-state index in [-0.39, 0.29) is 12.4 Å². The molecule has 0 saturated heterocycles. The highest BCUT2D eigenvalue weighted by Crippen LogP contribution is 2.39. The maximum absolute atomic E-state index is 9.50. The number of allylic oxidation sites excluding steroid dienone is 2. The first-order valence-corrected chi connectivity index (χ1v) is 7.81. The largest absolute Gasteiger partial charge is 0.508 e. The predicted molar refractivity (Wildman–Crippen MR) is 92.8 cm³/mol. The van der Waals surface area contributed by atoms with Gasteiger partial charge in [-0.3, -0.25) is 0 Å². The Kier molecular flexibility index (Phi) is 4.32. The third kappa shape index (κ3) is 2.93. The van der Waals surface area contributed by atoms with Gasteiger partial charge >= 0.3 is 0 Å². The molecule has 0 aliphatic carbocycles. The van der Waals surface area contributed by atoms with E-state index in [2.05, 4.69) is 26.9 Å². The van der Waals surface area contributed by atoms with Crippen LogP contribution in [0.25, 0.3) is 11.1 Å². The summed E-state index contributed by atoms with van der Waals surface area (Å²) in [5.41, 5.74) is 3.92.